The lowest BCUT2D eigenvalue weighted by Gasteiger charge is -2.20. The molecule has 0 aliphatic carbocycles. The molecular weight excluding hydrogens is 274 g/mol. The number of imide groups is 1. The number of rotatable bonds is 3. The van der Waals surface area contributed by atoms with E-state index in [1.165, 1.54) is 17.2 Å². The van der Waals surface area contributed by atoms with E-state index < -0.39 is 0 Å². The molecule has 2 aliphatic heterocycles. The van der Waals surface area contributed by atoms with E-state index >= 15 is 0 Å². The highest BCUT2D eigenvalue weighted by Gasteiger charge is 2.39. The van der Waals surface area contributed by atoms with E-state index in [1.54, 1.807) is 23.1 Å². The molecule has 1 N–H and O–H groups in total. The average molecular weight is 289 g/mol. The smallest absolute Gasteiger partial charge is 0.324 e. The zero-order valence-corrected chi connectivity index (χ0v) is 11.3. The molecular formula is C14H15N3O4. The van der Waals surface area contributed by atoms with Gasteiger partial charge >= 0.3 is 6.03 Å². The second kappa shape index (κ2) is 5.43. The monoisotopic (exact) mass is 289 g/mol. The molecule has 0 aromatic carbocycles. The Morgan fingerprint density at radius 1 is 1.43 bits per heavy atom. The van der Waals surface area contributed by atoms with Crippen molar-refractivity contribution in [3.63, 3.8) is 0 Å². The van der Waals surface area contributed by atoms with Crippen molar-refractivity contribution in [2.75, 3.05) is 19.6 Å². The predicted octanol–water partition coefficient (Wildman–Crippen LogP) is 0.446. The van der Waals surface area contributed by atoms with Gasteiger partial charge in [-0.25, -0.2) is 4.79 Å². The van der Waals surface area contributed by atoms with Gasteiger partial charge in [0.1, 0.15) is 5.76 Å². The molecule has 0 radical (unpaired) electrons. The first-order valence-corrected chi connectivity index (χ1v) is 6.75. The number of nitrogens with one attached hydrogen (secondary N) is 1. The van der Waals surface area contributed by atoms with E-state index in [9.17, 15) is 14.4 Å². The summed E-state index contributed by atoms with van der Waals surface area (Å²) in [5.74, 6) is 0.222. The lowest BCUT2D eigenvalue weighted by Crippen LogP contribution is -2.42. The quantitative estimate of drug-likeness (QED) is 0.647. The van der Waals surface area contributed by atoms with Crippen molar-refractivity contribution in [3.05, 3.63) is 30.2 Å². The third kappa shape index (κ3) is 2.67. The molecule has 2 aliphatic rings. The molecule has 2 saturated heterocycles. The Balaban J connectivity index is 1.60. The van der Waals surface area contributed by atoms with E-state index in [4.69, 9.17) is 4.42 Å². The second-order valence-electron chi connectivity index (χ2n) is 5.00. The van der Waals surface area contributed by atoms with Gasteiger partial charge in [-0.15, -0.1) is 0 Å². The lowest BCUT2D eigenvalue weighted by molar-refractivity contribution is -0.128. The first-order valence-electron chi connectivity index (χ1n) is 6.75. The molecule has 110 valence electrons. The number of carbonyl (C=O) groups excluding carboxylic acids is 3. The average Bonchev–Trinajstić information content (AvgIpc) is 3.18. The van der Waals surface area contributed by atoms with Gasteiger partial charge in [0.15, 0.2) is 0 Å². The van der Waals surface area contributed by atoms with Crippen LogP contribution in [0.3, 0.4) is 0 Å². The van der Waals surface area contributed by atoms with Gasteiger partial charge in [0.05, 0.1) is 18.8 Å². The molecule has 7 nitrogen and oxygen atoms in total. The Labute approximate surface area is 121 Å². The standard InChI is InChI=1S/C14H15N3O4/c18-12(4-3-11-2-1-7-21-11)16-6-5-10(9-16)17-13(19)8-15-14(17)20/h1-4,7,10H,5-6,8-9H2,(H,15,20)/b4-3+. The summed E-state index contributed by atoms with van der Waals surface area (Å²) in [6.07, 6.45) is 5.18. The maximum atomic E-state index is 12.1. The van der Waals surface area contributed by atoms with E-state index in [-0.39, 0.29) is 30.4 Å². The molecule has 1 aromatic heterocycles. The number of likely N-dealkylation sites (tertiary alicyclic amines) is 1. The van der Waals surface area contributed by atoms with Crippen LogP contribution in [0.2, 0.25) is 0 Å². The molecule has 3 heterocycles. The minimum absolute atomic E-state index is 0.0433. The summed E-state index contributed by atoms with van der Waals surface area (Å²) < 4.78 is 5.11. The maximum absolute atomic E-state index is 12.1. The minimum Gasteiger partial charge on any atom is -0.465 e. The van der Waals surface area contributed by atoms with Crippen molar-refractivity contribution in [1.29, 1.82) is 0 Å². The van der Waals surface area contributed by atoms with Crippen molar-refractivity contribution in [2.45, 2.75) is 12.5 Å². The fourth-order valence-corrected chi connectivity index (χ4v) is 2.60. The van der Waals surface area contributed by atoms with Gasteiger partial charge in [0.25, 0.3) is 0 Å². The SMILES string of the molecule is O=C(/C=C/c1ccco1)N1CCC(N2C(=O)CNC2=O)C1. The Bertz CT molecular complexity index is 577. The van der Waals surface area contributed by atoms with Crippen LogP contribution in [-0.4, -0.2) is 53.3 Å². The van der Waals surface area contributed by atoms with E-state index in [0.717, 1.165) is 0 Å². The van der Waals surface area contributed by atoms with Crippen molar-refractivity contribution < 1.29 is 18.8 Å². The van der Waals surface area contributed by atoms with Gasteiger partial charge < -0.3 is 14.6 Å². The van der Waals surface area contributed by atoms with Crippen LogP contribution in [0, 0.1) is 0 Å². The first kappa shape index (κ1) is 13.4. The van der Waals surface area contributed by atoms with Crippen molar-refractivity contribution in [1.82, 2.24) is 15.1 Å². The summed E-state index contributed by atoms with van der Waals surface area (Å²) in [5, 5.41) is 2.49. The predicted molar refractivity (Wildman–Crippen MR) is 73.0 cm³/mol. The normalized spacial score (nSPS) is 22.4. The molecule has 1 aromatic rings. The number of nitrogens with zero attached hydrogens (tertiary/aromatic N) is 2. The van der Waals surface area contributed by atoms with Crippen LogP contribution in [0.5, 0.6) is 0 Å². The van der Waals surface area contributed by atoms with Crippen LogP contribution in [0.1, 0.15) is 12.2 Å². The highest BCUT2D eigenvalue weighted by atomic mass is 16.3. The van der Waals surface area contributed by atoms with Gasteiger partial charge in [0, 0.05) is 19.2 Å². The number of hydrogen-bond acceptors (Lipinski definition) is 4. The van der Waals surface area contributed by atoms with Crippen LogP contribution in [0.25, 0.3) is 6.08 Å². The second-order valence-corrected chi connectivity index (χ2v) is 5.00. The Kier molecular flexibility index (Phi) is 3.47. The van der Waals surface area contributed by atoms with E-state index in [1.807, 2.05) is 0 Å². The Hall–Kier alpha value is -2.57. The molecule has 0 bridgehead atoms. The first-order chi connectivity index (χ1) is 10.1. The van der Waals surface area contributed by atoms with Crippen LogP contribution in [0.4, 0.5) is 4.79 Å². The minimum atomic E-state index is -0.370. The van der Waals surface area contributed by atoms with Gasteiger partial charge in [-0.2, -0.15) is 0 Å². The lowest BCUT2D eigenvalue weighted by atomic mass is 10.2. The summed E-state index contributed by atoms with van der Waals surface area (Å²) in [5.41, 5.74) is 0. The van der Waals surface area contributed by atoms with Crippen molar-refractivity contribution in [3.8, 4) is 0 Å². The summed E-state index contributed by atoms with van der Waals surface area (Å²) in [7, 11) is 0. The molecule has 4 amide bonds. The van der Waals surface area contributed by atoms with Crippen LogP contribution >= 0.6 is 0 Å². The number of urea groups is 1. The molecule has 0 spiro atoms. The molecule has 1 atom stereocenters. The maximum Gasteiger partial charge on any atom is 0.324 e. The fourth-order valence-electron chi connectivity index (χ4n) is 2.60. The number of amides is 4. The molecule has 1 unspecified atom stereocenters. The van der Waals surface area contributed by atoms with Crippen LogP contribution in [0.15, 0.2) is 28.9 Å². The summed E-state index contributed by atoms with van der Waals surface area (Å²) in [6.45, 7) is 0.950. The fraction of sp³-hybridized carbons (Fsp3) is 0.357. The zero-order valence-electron chi connectivity index (χ0n) is 11.3. The highest BCUT2D eigenvalue weighted by Crippen LogP contribution is 2.18. The topological polar surface area (TPSA) is 82.9 Å². The number of furan rings is 1. The van der Waals surface area contributed by atoms with Gasteiger partial charge in [0.2, 0.25) is 11.8 Å². The van der Waals surface area contributed by atoms with Gasteiger partial charge in [-0.05, 0) is 24.6 Å². The Morgan fingerprint density at radius 3 is 2.95 bits per heavy atom. The highest BCUT2D eigenvalue weighted by molar-refractivity contribution is 6.02. The van der Waals surface area contributed by atoms with Crippen molar-refractivity contribution >= 4 is 23.9 Å². The summed E-state index contributed by atoms with van der Waals surface area (Å²) >= 11 is 0. The van der Waals surface area contributed by atoms with E-state index in [2.05, 4.69) is 5.32 Å². The third-order valence-corrected chi connectivity index (χ3v) is 3.65. The van der Waals surface area contributed by atoms with Crippen LogP contribution < -0.4 is 5.32 Å². The van der Waals surface area contributed by atoms with Crippen LogP contribution in [-0.2, 0) is 9.59 Å². The number of hydrogen-bond donors (Lipinski definition) is 1. The van der Waals surface area contributed by atoms with Crippen molar-refractivity contribution in [2.24, 2.45) is 0 Å². The molecule has 3 rings (SSSR count). The third-order valence-electron chi connectivity index (χ3n) is 3.65. The number of carbonyl (C=O) groups is 3. The van der Waals surface area contributed by atoms with Gasteiger partial charge in [-0.1, -0.05) is 0 Å². The summed E-state index contributed by atoms with van der Waals surface area (Å²) in [4.78, 5) is 38.1. The summed E-state index contributed by atoms with van der Waals surface area (Å²) in [6, 6.07) is 2.89. The van der Waals surface area contributed by atoms with Gasteiger partial charge in [-0.3, -0.25) is 14.5 Å². The molecule has 2 fully saturated rings. The largest absolute Gasteiger partial charge is 0.465 e. The molecule has 7 heteroatoms. The Morgan fingerprint density at radius 2 is 2.29 bits per heavy atom. The molecule has 21 heavy (non-hydrogen) atoms. The molecule has 0 saturated carbocycles. The van der Waals surface area contributed by atoms with E-state index in [0.29, 0.717) is 25.3 Å². The zero-order chi connectivity index (χ0) is 14.8.